The smallest absolute Gasteiger partial charge is 0.233 e. The second-order valence-corrected chi connectivity index (χ2v) is 6.06. The molecule has 1 aromatic carbocycles. The van der Waals surface area contributed by atoms with Crippen molar-refractivity contribution in [2.75, 3.05) is 10.2 Å². The Bertz CT molecular complexity index is 774. The van der Waals surface area contributed by atoms with Gasteiger partial charge in [0.15, 0.2) is 0 Å². The maximum atomic E-state index is 13.9. The number of rotatable bonds is 5. The molecule has 0 saturated heterocycles. The lowest BCUT2D eigenvalue weighted by Gasteiger charge is -2.25. The zero-order chi connectivity index (χ0) is 17.3. The number of amides is 1. The van der Waals surface area contributed by atoms with Crippen molar-refractivity contribution in [3.05, 3.63) is 41.3 Å². The van der Waals surface area contributed by atoms with E-state index in [9.17, 15) is 9.18 Å². The first kappa shape index (κ1) is 16.4. The number of carbonyl (C=O) groups is 1. The summed E-state index contributed by atoms with van der Waals surface area (Å²) in [4.78, 5) is 22.8. The van der Waals surface area contributed by atoms with Gasteiger partial charge in [-0.3, -0.25) is 9.69 Å². The monoisotopic (exact) mass is 328 g/mol. The fraction of sp³-hybridized carbons (Fsp3) is 0.389. The van der Waals surface area contributed by atoms with Crippen LogP contribution < -0.4 is 10.2 Å². The summed E-state index contributed by atoms with van der Waals surface area (Å²) in [5.74, 6) is 0.618. The quantitative estimate of drug-likeness (QED) is 0.908. The van der Waals surface area contributed by atoms with Gasteiger partial charge in [0.05, 0.1) is 12.1 Å². The van der Waals surface area contributed by atoms with Crippen molar-refractivity contribution in [1.82, 2.24) is 9.97 Å². The standard InChI is InChI=1S/C18H21FN4O/c1-4-13(5-2)23-16(24)9-12-10-20-18(22-17(12)23)21-15-8-11(3)6-7-14(15)19/h6-8,10,13H,4-5,9H2,1-3H3,(H,20,21,22). The fourth-order valence-corrected chi connectivity index (χ4v) is 3.04. The summed E-state index contributed by atoms with van der Waals surface area (Å²) in [6.45, 7) is 6.01. The van der Waals surface area contributed by atoms with E-state index in [1.807, 2.05) is 6.92 Å². The summed E-state index contributed by atoms with van der Waals surface area (Å²) in [6, 6.07) is 4.94. The lowest BCUT2D eigenvalue weighted by atomic mass is 10.1. The van der Waals surface area contributed by atoms with Crippen molar-refractivity contribution in [3.63, 3.8) is 0 Å². The molecule has 5 nitrogen and oxygen atoms in total. The van der Waals surface area contributed by atoms with Crippen LogP contribution >= 0.6 is 0 Å². The highest BCUT2D eigenvalue weighted by molar-refractivity contribution is 6.00. The highest BCUT2D eigenvalue weighted by Crippen LogP contribution is 2.31. The predicted molar refractivity (Wildman–Crippen MR) is 92.0 cm³/mol. The van der Waals surface area contributed by atoms with Crippen molar-refractivity contribution in [2.45, 2.75) is 46.1 Å². The molecule has 6 heteroatoms. The molecular formula is C18H21FN4O. The second-order valence-electron chi connectivity index (χ2n) is 6.06. The van der Waals surface area contributed by atoms with Crippen molar-refractivity contribution in [2.24, 2.45) is 0 Å². The van der Waals surface area contributed by atoms with Crippen molar-refractivity contribution >= 4 is 23.4 Å². The van der Waals surface area contributed by atoms with Gasteiger partial charge >= 0.3 is 0 Å². The minimum atomic E-state index is -0.363. The summed E-state index contributed by atoms with van der Waals surface area (Å²) in [7, 11) is 0. The number of benzene rings is 1. The van der Waals surface area contributed by atoms with Gasteiger partial charge in [0.1, 0.15) is 11.6 Å². The maximum Gasteiger partial charge on any atom is 0.233 e. The van der Waals surface area contributed by atoms with Crippen LogP contribution in [0.15, 0.2) is 24.4 Å². The van der Waals surface area contributed by atoms with Crippen molar-refractivity contribution in [3.8, 4) is 0 Å². The fourth-order valence-electron chi connectivity index (χ4n) is 3.04. The summed E-state index contributed by atoms with van der Waals surface area (Å²) in [5, 5.41) is 2.92. The normalized spacial score (nSPS) is 13.5. The zero-order valence-electron chi connectivity index (χ0n) is 14.1. The first-order chi connectivity index (χ1) is 11.5. The van der Waals surface area contributed by atoms with E-state index in [0.717, 1.165) is 24.0 Å². The number of nitrogens with zero attached hydrogens (tertiary/aromatic N) is 3. The number of carbonyl (C=O) groups excluding carboxylic acids is 1. The molecule has 1 N–H and O–H groups in total. The van der Waals surface area contributed by atoms with Crippen LogP contribution in [0.5, 0.6) is 0 Å². The average molecular weight is 328 g/mol. The molecule has 0 atom stereocenters. The van der Waals surface area contributed by atoms with E-state index in [-0.39, 0.29) is 17.8 Å². The van der Waals surface area contributed by atoms with Gasteiger partial charge < -0.3 is 5.32 Å². The molecule has 1 amide bonds. The summed E-state index contributed by atoms with van der Waals surface area (Å²) < 4.78 is 13.9. The minimum Gasteiger partial charge on any atom is -0.322 e. The highest BCUT2D eigenvalue weighted by Gasteiger charge is 2.33. The van der Waals surface area contributed by atoms with Crippen LogP contribution in [0.2, 0.25) is 0 Å². The zero-order valence-corrected chi connectivity index (χ0v) is 14.1. The molecule has 2 heterocycles. The molecule has 24 heavy (non-hydrogen) atoms. The van der Waals surface area contributed by atoms with Gasteiger partial charge in [-0.2, -0.15) is 4.98 Å². The van der Waals surface area contributed by atoms with Gasteiger partial charge in [0, 0.05) is 17.8 Å². The van der Waals surface area contributed by atoms with E-state index in [2.05, 4.69) is 29.1 Å². The number of hydrogen-bond acceptors (Lipinski definition) is 4. The molecule has 0 unspecified atom stereocenters. The third-order valence-electron chi connectivity index (χ3n) is 4.36. The number of fused-ring (bicyclic) bond motifs is 1. The van der Waals surface area contributed by atoms with E-state index in [4.69, 9.17) is 0 Å². The number of hydrogen-bond donors (Lipinski definition) is 1. The number of halogens is 1. The second kappa shape index (κ2) is 6.55. The highest BCUT2D eigenvalue weighted by atomic mass is 19.1. The molecule has 2 aromatic rings. The van der Waals surface area contributed by atoms with E-state index in [0.29, 0.717) is 23.9 Å². The average Bonchev–Trinajstić information content (AvgIpc) is 2.88. The topological polar surface area (TPSA) is 58.1 Å². The van der Waals surface area contributed by atoms with Crippen molar-refractivity contribution < 1.29 is 9.18 Å². The van der Waals surface area contributed by atoms with Gasteiger partial charge in [-0.05, 0) is 37.5 Å². The van der Waals surface area contributed by atoms with Crippen LogP contribution in [0.3, 0.4) is 0 Å². The van der Waals surface area contributed by atoms with E-state index in [1.165, 1.54) is 6.07 Å². The van der Waals surface area contributed by atoms with Crippen LogP contribution in [0.4, 0.5) is 21.8 Å². The van der Waals surface area contributed by atoms with Crippen LogP contribution in [0.1, 0.15) is 37.8 Å². The SMILES string of the molecule is CCC(CC)N1C(=O)Cc2cnc(Nc3cc(C)ccc3F)nc21. The number of anilines is 3. The molecule has 1 aromatic heterocycles. The molecule has 1 aliphatic heterocycles. The molecule has 0 aliphatic carbocycles. The molecule has 0 radical (unpaired) electrons. The number of nitrogens with one attached hydrogen (secondary N) is 1. The first-order valence-corrected chi connectivity index (χ1v) is 8.24. The molecule has 1 aliphatic rings. The molecule has 0 spiro atoms. The first-order valence-electron chi connectivity index (χ1n) is 8.24. The molecule has 0 bridgehead atoms. The van der Waals surface area contributed by atoms with E-state index in [1.54, 1.807) is 23.2 Å². The van der Waals surface area contributed by atoms with Crippen LogP contribution in [0, 0.1) is 12.7 Å². The Labute approximate surface area is 140 Å². The van der Waals surface area contributed by atoms with Gasteiger partial charge in [0.2, 0.25) is 11.9 Å². The van der Waals surface area contributed by atoms with Crippen LogP contribution in [-0.4, -0.2) is 21.9 Å². The van der Waals surface area contributed by atoms with Gasteiger partial charge in [-0.15, -0.1) is 0 Å². The Balaban J connectivity index is 1.94. The van der Waals surface area contributed by atoms with Crippen LogP contribution in [-0.2, 0) is 11.2 Å². The number of aromatic nitrogens is 2. The summed E-state index contributed by atoms with van der Waals surface area (Å²) in [6.07, 6.45) is 3.70. The van der Waals surface area contributed by atoms with Crippen LogP contribution in [0.25, 0.3) is 0 Å². The lowest BCUT2D eigenvalue weighted by molar-refractivity contribution is -0.117. The maximum absolute atomic E-state index is 13.9. The van der Waals surface area contributed by atoms with Crippen molar-refractivity contribution in [1.29, 1.82) is 0 Å². The Morgan fingerprint density at radius 1 is 1.33 bits per heavy atom. The molecule has 126 valence electrons. The minimum absolute atomic E-state index is 0.0480. The Morgan fingerprint density at radius 2 is 2.08 bits per heavy atom. The lowest BCUT2D eigenvalue weighted by Crippen LogP contribution is -2.37. The summed E-state index contributed by atoms with van der Waals surface area (Å²) >= 11 is 0. The predicted octanol–water partition coefficient (Wildman–Crippen LogP) is 3.75. The number of aryl methyl sites for hydroxylation is 1. The molecule has 0 saturated carbocycles. The van der Waals surface area contributed by atoms with Gasteiger partial charge in [-0.1, -0.05) is 19.9 Å². The van der Waals surface area contributed by atoms with E-state index < -0.39 is 0 Å². The Kier molecular flexibility index (Phi) is 4.46. The summed E-state index contributed by atoms with van der Waals surface area (Å²) in [5.41, 5.74) is 2.09. The third-order valence-corrected chi connectivity index (χ3v) is 4.36. The molecule has 0 fully saturated rings. The largest absolute Gasteiger partial charge is 0.322 e. The van der Waals surface area contributed by atoms with Gasteiger partial charge in [0.25, 0.3) is 0 Å². The van der Waals surface area contributed by atoms with Gasteiger partial charge in [-0.25, -0.2) is 9.37 Å². The van der Waals surface area contributed by atoms with E-state index >= 15 is 0 Å². The third kappa shape index (κ3) is 2.96. The Morgan fingerprint density at radius 3 is 2.79 bits per heavy atom. The molecule has 3 rings (SSSR count). The Hall–Kier alpha value is -2.50. The molecular weight excluding hydrogens is 307 g/mol.